The predicted molar refractivity (Wildman–Crippen MR) is 106 cm³/mol. The highest BCUT2D eigenvalue weighted by molar-refractivity contribution is 7.89. The normalized spacial score (nSPS) is 14.4. The molecule has 0 aliphatic carbocycles. The summed E-state index contributed by atoms with van der Waals surface area (Å²) in [6.45, 7) is 4.00. The maximum Gasteiger partial charge on any atom is 0.243 e. The first-order valence-corrected chi connectivity index (χ1v) is 10.4. The fourth-order valence-corrected chi connectivity index (χ4v) is 4.43. The van der Waals surface area contributed by atoms with Crippen molar-refractivity contribution in [2.75, 3.05) is 13.1 Å². The van der Waals surface area contributed by atoms with Crippen LogP contribution >= 0.6 is 0 Å². The monoisotopic (exact) mass is 392 g/mol. The number of sulfonamides is 1. The number of aliphatic hydroxyl groups excluding tert-OH is 1. The van der Waals surface area contributed by atoms with Crippen LogP contribution in [0.5, 0.6) is 5.75 Å². The van der Waals surface area contributed by atoms with Gasteiger partial charge >= 0.3 is 0 Å². The molecule has 148 valence electrons. The smallest absolute Gasteiger partial charge is 0.243 e. The van der Waals surface area contributed by atoms with Crippen LogP contribution in [-0.2, 0) is 16.4 Å². The van der Waals surface area contributed by atoms with Gasteiger partial charge in [0.2, 0.25) is 10.0 Å². The topological polar surface area (TPSA) is 104 Å². The number of aromatic hydroxyl groups is 1. The van der Waals surface area contributed by atoms with Crippen LogP contribution in [-0.4, -0.2) is 48.2 Å². The average molecular weight is 393 g/mol. The van der Waals surface area contributed by atoms with Crippen LogP contribution in [0.1, 0.15) is 19.4 Å². The molecule has 4 N–H and O–H groups in total. The summed E-state index contributed by atoms with van der Waals surface area (Å²) in [5.74, 6) is 0.0729. The van der Waals surface area contributed by atoms with Crippen molar-refractivity contribution in [3.8, 4) is 5.75 Å². The van der Waals surface area contributed by atoms with Gasteiger partial charge < -0.3 is 15.9 Å². The van der Waals surface area contributed by atoms with Crippen molar-refractivity contribution in [2.24, 2.45) is 11.7 Å². The Balaban J connectivity index is 2.16. The second-order valence-electron chi connectivity index (χ2n) is 7.13. The van der Waals surface area contributed by atoms with Crippen LogP contribution in [0.4, 0.5) is 0 Å². The van der Waals surface area contributed by atoms with Crippen LogP contribution in [0.25, 0.3) is 0 Å². The van der Waals surface area contributed by atoms with E-state index in [1.807, 2.05) is 44.2 Å². The van der Waals surface area contributed by atoms with Gasteiger partial charge in [-0.1, -0.05) is 44.2 Å². The van der Waals surface area contributed by atoms with Gasteiger partial charge in [0, 0.05) is 19.1 Å². The first-order chi connectivity index (χ1) is 12.7. The van der Waals surface area contributed by atoms with Gasteiger partial charge in [0.1, 0.15) is 5.75 Å². The molecule has 2 rings (SSSR count). The van der Waals surface area contributed by atoms with Gasteiger partial charge in [-0.15, -0.1) is 0 Å². The maximum atomic E-state index is 13.0. The van der Waals surface area contributed by atoms with Crippen LogP contribution in [0.2, 0.25) is 0 Å². The van der Waals surface area contributed by atoms with Gasteiger partial charge in [0.15, 0.2) is 0 Å². The summed E-state index contributed by atoms with van der Waals surface area (Å²) in [4.78, 5) is 0.0739. The number of rotatable bonds is 9. The molecule has 0 heterocycles. The number of aliphatic hydroxyl groups is 1. The lowest BCUT2D eigenvalue weighted by Crippen LogP contribution is -2.47. The largest absolute Gasteiger partial charge is 0.508 e. The zero-order chi connectivity index (χ0) is 20.0. The van der Waals surface area contributed by atoms with Crippen molar-refractivity contribution < 1.29 is 18.6 Å². The highest BCUT2D eigenvalue weighted by Crippen LogP contribution is 2.21. The van der Waals surface area contributed by atoms with E-state index in [1.54, 1.807) is 0 Å². The van der Waals surface area contributed by atoms with Crippen LogP contribution < -0.4 is 5.73 Å². The van der Waals surface area contributed by atoms with Crippen LogP contribution in [0.15, 0.2) is 59.5 Å². The van der Waals surface area contributed by atoms with E-state index in [2.05, 4.69) is 0 Å². The van der Waals surface area contributed by atoms with E-state index in [0.717, 1.165) is 5.56 Å². The zero-order valence-electron chi connectivity index (χ0n) is 15.7. The number of nitrogens with zero attached hydrogens (tertiary/aromatic N) is 1. The van der Waals surface area contributed by atoms with Crippen molar-refractivity contribution in [1.82, 2.24) is 4.31 Å². The van der Waals surface area contributed by atoms with E-state index in [1.165, 1.54) is 28.6 Å². The molecule has 0 spiro atoms. The van der Waals surface area contributed by atoms with E-state index in [-0.39, 0.29) is 29.7 Å². The summed E-state index contributed by atoms with van der Waals surface area (Å²) >= 11 is 0. The number of hydrogen-bond donors (Lipinski definition) is 3. The van der Waals surface area contributed by atoms with Gasteiger partial charge in [-0.25, -0.2) is 8.42 Å². The van der Waals surface area contributed by atoms with Gasteiger partial charge in [-0.05, 0) is 42.2 Å². The summed E-state index contributed by atoms with van der Waals surface area (Å²) in [6.07, 6.45) is -0.549. The molecule has 2 aromatic carbocycles. The SMILES string of the molecule is CC(C)CN(C[C@@H](O)C(N)Cc1ccccc1)S(=O)(=O)c1ccc(O)cc1. The van der Waals surface area contributed by atoms with Crippen molar-refractivity contribution >= 4 is 10.0 Å². The molecule has 0 amide bonds. The average Bonchev–Trinajstić information content (AvgIpc) is 2.62. The van der Waals surface area contributed by atoms with Gasteiger partial charge in [0.05, 0.1) is 11.0 Å². The minimum atomic E-state index is -3.81. The molecule has 0 radical (unpaired) electrons. The fraction of sp³-hybridized carbons (Fsp3) is 0.400. The minimum absolute atomic E-state index is 0.00530. The first kappa shape index (κ1) is 21.4. The second kappa shape index (κ2) is 9.32. The number of hydrogen-bond acceptors (Lipinski definition) is 5. The van der Waals surface area contributed by atoms with Crippen molar-refractivity contribution in [3.05, 3.63) is 60.2 Å². The molecule has 1 unspecified atom stereocenters. The lowest BCUT2D eigenvalue weighted by atomic mass is 10.0. The Bertz CT molecular complexity index is 808. The Morgan fingerprint density at radius 3 is 2.15 bits per heavy atom. The molecule has 27 heavy (non-hydrogen) atoms. The molecule has 0 aliphatic rings. The van der Waals surface area contributed by atoms with E-state index >= 15 is 0 Å². The van der Waals surface area contributed by atoms with E-state index in [0.29, 0.717) is 6.42 Å². The maximum absolute atomic E-state index is 13.0. The fourth-order valence-electron chi connectivity index (χ4n) is 2.81. The van der Waals surface area contributed by atoms with Crippen LogP contribution in [0, 0.1) is 5.92 Å². The molecule has 0 aliphatic heterocycles. The van der Waals surface area contributed by atoms with Gasteiger partial charge in [0.25, 0.3) is 0 Å². The molecule has 0 saturated carbocycles. The second-order valence-corrected chi connectivity index (χ2v) is 9.07. The Labute approximate surface area is 161 Å². The predicted octanol–water partition coefficient (Wildman–Crippen LogP) is 1.97. The number of phenolic OH excluding ortho intramolecular Hbond substituents is 1. The summed E-state index contributed by atoms with van der Waals surface area (Å²) in [7, 11) is -3.81. The summed E-state index contributed by atoms with van der Waals surface area (Å²) in [5, 5.41) is 19.9. The van der Waals surface area contributed by atoms with Crippen molar-refractivity contribution in [3.63, 3.8) is 0 Å². The van der Waals surface area contributed by atoms with Crippen molar-refractivity contribution in [1.29, 1.82) is 0 Å². The molecule has 7 heteroatoms. The molecule has 0 bridgehead atoms. The number of nitrogens with two attached hydrogens (primary N) is 1. The van der Waals surface area contributed by atoms with Crippen molar-refractivity contribution in [2.45, 2.75) is 37.3 Å². The highest BCUT2D eigenvalue weighted by Gasteiger charge is 2.29. The molecule has 0 aromatic heterocycles. The van der Waals surface area contributed by atoms with E-state index < -0.39 is 22.2 Å². The lowest BCUT2D eigenvalue weighted by molar-refractivity contribution is 0.116. The third-order valence-corrected chi connectivity index (χ3v) is 6.09. The quantitative estimate of drug-likeness (QED) is 0.605. The standard InChI is InChI=1S/C20H28N2O4S/c1-15(2)13-22(27(25,26)18-10-8-17(23)9-11-18)14-20(24)19(21)12-16-6-4-3-5-7-16/h3-11,15,19-20,23-24H,12-14,21H2,1-2H3/t19?,20-/m1/s1. The molecule has 2 aromatic rings. The first-order valence-electron chi connectivity index (χ1n) is 8.97. The molecule has 0 saturated heterocycles. The van der Waals surface area contributed by atoms with Gasteiger partial charge in [-0.2, -0.15) is 4.31 Å². The number of phenols is 1. The van der Waals surface area contributed by atoms with E-state index in [9.17, 15) is 18.6 Å². The Hall–Kier alpha value is -1.93. The van der Waals surface area contributed by atoms with Gasteiger partial charge in [-0.3, -0.25) is 0 Å². The summed E-state index contributed by atoms with van der Waals surface area (Å²) in [5.41, 5.74) is 7.11. The lowest BCUT2D eigenvalue weighted by Gasteiger charge is -2.28. The Morgan fingerprint density at radius 2 is 1.59 bits per heavy atom. The third-order valence-electron chi connectivity index (χ3n) is 4.24. The molecular weight excluding hydrogens is 364 g/mol. The molecule has 0 fully saturated rings. The third kappa shape index (κ3) is 6.04. The zero-order valence-corrected chi connectivity index (χ0v) is 16.5. The molecule has 6 nitrogen and oxygen atoms in total. The number of benzene rings is 2. The molecule has 2 atom stereocenters. The highest BCUT2D eigenvalue weighted by atomic mass is 32.2. The Kier molecular flexibility index (Phi) is 7.38. The summed E-state index contributed by atoms with van der Waals surface area (Å²) in [6, 6.07) is 14.3. The summed E-state index contributed by atoms with van der Waals surface area (Å²) < 4.78 is 27.2. The minimum Gasteiger partial charge on any atom is -0.508 e. The van der Waals surface area contributed by atoms with E-state index in [4.69, 9.17) is 5.73 Å². The Morgan fingerprint density at radius 1 is 1.00 bits per heavy atom. The van der Waals surface area contributed by atoms with Crippen LogP contribution in [0.3, 0.4) is 0 Å². The molecular formula is C20H28N2O4S.